The van der Waals surface area contributed by atoms with Gasteiger partial charge < -0.3 is 11.1 Å². The third-order valence-corrected chi connectivity index (χ3v) is 3.52. The Labute approximate surface area is 83.5 Å². The normalized spacial score (nSPS) is 24.1. The van der Waals surface area contributed by atoms with Gasteiger partial charge in [0, 0.05) is 24.2 Å². The molecule has 2 heterocycles. The maximum Gasteiger partial charge on any atom is 0.0573 e. The number of nitrogens with two attached hydrogens (primary N) is 1. The lowest BCUT2D eigenvalue weighted by molar-refractivity contribution is 0.250. The van der Waals surface area contributed by atoms with Crippen LogP contribution in [0.3, 0.4) is 0 Å². The predicted octanol–water partition coefficient (Wildman–Crippen LogP) is 0.324. The van der Waals surface area contributed by atoms with E-state index < -0.39 is 0 Å². The summed E-state index contributed by atoms with van der Waals surface area (Å²) in [6.45, 7) is 2.92. The summed E-state index contributed by atoms with van der Waals surface area (Å²) in [5, 5.41) is 7.77. The molecule has 1 saturated carbocycles. The second-order valence-corrected chi connectivity index (χ2v) is 4.41. The van der Waals surface area contributed by atoms with Crippen LogP contribution < -0.4 is 11.1 Å². The van der Waals surface area contributed by atoms with Crippen LogP contribution in [0, 0.1) is 0 Å². The van der Waals surface area contributed by atoms with Gasteiger partial charge in [-0.25, -0.2) is 0 Å². The van der Waals surface area contributed by atoms with Crippen molar-refractivity contribution < 1.29 is 0 Å². The zero-order valence-electron chi connectivity index (χ0n) is 8.29. The quantitative estimate of drug-likeness (QED) is 0.674. The Balaban J connectivity index is 2.01. The lowest BCUT2D eigenvalue weighted by atomic mass is 9.73. The third kappa shape index (κ3) is 1.04. The van der Waals surface area contributed by atoms with Gasteiger partial charge >= 0.3 is 0 Å². The van der Waals surface area contributed by atoms with Crippen molar-refractivity contribution >= 4 is 0 Å². The minimum absolute atomic E-state index is 0.0629. The zero-order chi connectivity index (χ0) is 9.60. The summed E-state index contributed by atoms with van der Waals surface area (Å²) in [6, 6.07) is 0. The third-order valence-electron chi connectivity index (χ3n) is 3.52. The van der Waals surface area contributed by atoms with E-state index in [1.54, 1.807) is 0 Å². The summed E-state index contributed by atoms with van der Waals surface area (Å²) in [6.07, 6.45) is 5.47. The van der Waals surface area contributed by atoms with Crippen molar-refractivity contribution in [2.45, 2.75) is 37.9 Å². The number of hydrogen-bond acceptors (Lipinski definition) is 3. The highest BCUT2D eigenvalue weighted by atomic mass is 15.3. The molecule has 0 bridgehead atoms. The highest BCUT2D eigenvalue weighted by Crippen LogP contribution is 2.40. The first kappa shape index (κ1) is 8.44. The first-order valence-electron chi connectivity index (χ1n) is 5.34. The summed E-state index contributed by atoms with van der Waals surface area (Å²) in [5.74, 6) is 0. The maximum atomic E-state index is 6.31. The topological polar surface area (TPSA) is 55.9 Å². The van der Waals surface area contributed by atoms with E-state index in [2.05, 4.69) is 15.1 Å². The van der Waals surface area contributed by atoms with Gasteiger partial charge in [-0.15, -0.1) is 0 Å². The highest BCUT2D eigenvalue weighted by Gasteiger charge is 2.38. The molecule has 2 aliphatic rings. The van der Waals surface area contributed by atoms with Crippen LogP contribution in [-0.4, -0.2) is 16.3 Å². The summed E-state index contributed by atoms with van der Waals surface area (Å²) >= 11 is 0. The van der Waals surface area contributed by atoms with Gasteiger partial charge in [-0.2, -0.15) is 5.10 Å². The second kappa shape index (κ2) is 2.81. The van der Waals surface area contributed by atoms with E-state index in [-0.39, 0.29) is 5.54 Å². The molecule has 0 radical (unpaired) electrons. The molecule has 1 aromatic heterocycles. The summed E-state index contributed by atoms with van der Waals surface area (Å²) in [7, 11) is 0. The Morgan fingerprint density at radius 3 is 3.07 bits per heavy atom. The molecule has 76 valence electrons. The molecule has 3 N–H and O–H groups in total. The average molecular weight is 192 g/mol. The van der Waals surface area contributed by atoms with Gasteiger partial charge in [0.2, 0.25) is 0 Å². The molecule has 14 heavy (non-hydrogen) atoms. The summed E-state index contributed by atoms with van der Waals surface area (Å²) in [4.78, 5) is 0. The first-order chi connectivity index (χ1) is 6.80. The van der Waals surface area contributed by atoms with Gasteiger partial charge in [0.05, 0.1) is 18.4 Å². The van der Waals surface area contributed by atoms with Crippen molar-refractivity contribution in [1.29, 1.82) is 0 Å². The van der Waals surface area contributed by atoms with E-state index in [9.17, 15) is 0 Å². The number of fused-ring (bicyclic) bond motifs is 1. The molecule has 0 saturated heterocycles. The summed E-state index contributed by atoms with van der Waals surface area (Å²) < 4.78 is 2.10. The van der Waals surface area contributed by atoms with Gasteiger partial charge in [0.1, 0.15) is 0 Å². The van der Waals surface area contributed by atoms with Crippen LogP contribution in [0.5, 0.6) is 0 Å². The molecule has 4 heteroatoms. The van der Waals surface area contributed by atoms with E-state index in [4.69, 9.17) is 5.73 Å². The molecule has 0 atom stereocenters. The molecule has 1 aromatic rings. The first-order valence-corrected chi connectivity index (χ1v) is 5.34. The fraction of sp³-hybridized carbons (Fsp3) is 0.700. The Morgan fingerprint density at radius 1 is 1.50 bits per heavy atom. The maximum absolute atomic E-state index is 6.31. The van der Waals surface area contributed by atoms with Crippen molar-refractivity contribution in [3.8, 4) is 0 Å². The molecule has 1 aliphatic heterocycles. The van der Waals surface area contributed by atoms with Crippen LogP contribution in [0.15, 0.2) is 6.20 Å². The lowest BCUT2D eigenvalue weighted by Gasteiger charge is -2.38. The number of nitrogens with one attached hydrogen (secondary N) is 1. The molecule has 1 aliphatic carbocycles. The largest absolute Gasteiger partial charge is 0.321 e. The van der Waals surface area contributed by atoms with Crippen LogP contribution in [0.25, 0.3) is 0 Å². The molecule has 0 spiro atoms. The molecular weight excluding hydrogens is 176 g/mol. The van der Waals surface area contributed by atoms with Crippen molar-refractivity contribution in [3.05, 3.63) is 17.5 Å². The minimum atomic E-state index is -0.0629. The Morgan fingerprint density at radius 2 is 2.36 bits per heavy atom. The molecular formula is C10H16N4. The van der Waals surface area contributed by atoms with Crippen LogP contribution >= 0.6 is 0 Å². The fourth-order valence-electron chi connectivity index (χ4n) is 2.42. The number of rotatable bonds is 1. The van der Waals surface area contributed by atoms with E-state index in [0.717, 1.165) is 32.5 Å². The molecule has 1 fully saturated rings. The van der Waals surface area contributed by atoms with Crippen LogP contribution in [0.4, 0.5) is 0 Å². The minimum Gasteiger partial charge on any atom is -0.321 e. The Kier molecular flexibility index (Phi) is 1.69. The molecule has 0 unspecified atom stereocenters. The predicted molar refractivity (Wildman–Crippen MR) is 53.7 cm³/mol. The van der Waals surface area contributed by atoms with E-state index in [1.807, 2.05) is 6.20 Å². The molecule has 3 rings (SSSR count). The zero-order valence-corrected chi connectivity index (χ0v) is 8.29. The monoisotopic (exact) mass is 192 g/mol. The van der Waals surface area contributed by atoms with Gasteiger partial charge in [-0.3, -0.25) is 4.68 Å². The number of nitrogens with zero attached hydrogens (tertiary/aromatic N) is 2. The Bertz CT molecular complexity index is 351. The lowest BCUT2D eigenvalue weighted by Crippen LogP contribution is -2.44. The van der Waals surface area contributed by atoms with Crippen molar-refractivity contribution in [2.75, 3.05) is 6.54 Å². The molecule has 0 aromatic carbocycles. The van der Waals surface area contributed by atoms with Gasteiger partial charge in [0.15, 0.2) is 0 Å². The highest BCUT2D eigenvalue weighted by molar-refractivity contribution is 5.29. The standard InChI is InChI=1S/C10H16N4/c11-10(2-1-3-10)8-6-13-14-5-4-12-7-9(8)14/h6,12H,1-5,7,11H2. The molecule has 0 amide bonds. The number of aromatic nitrogens is 2. The van der Waals surface area contributed by atoms with Gasteiger partial charge in [0.25, 0.3) is 0 Å². The van der Waals surface area contributed by atoms with Gasteiger partial charge in [-0.05, 0) is 19.3 Å². The average Bonchev–Trinajstić information content (AvgIpc) is 2.58. The van der Waals surface area contributed by atoms with Crippen LogP contribution in [0.2, 0.25) is 0 Å². The van der Waals surface area contributed by atoms with Crippen molar-refractivity contribution in [1.82, 2.24) is 15.1 Å². The number of hydrogen-bond donors (Lipinski definition) is 2. The van der Waals surface area contributed by atoms with Gasteiger partial charge in [-0.1, -0.05) is 0 Å². The van der Waals surface area contributed by atoms with Crippen molar-refractivity contribution in [3.63, 3.8) is 0 Å². The van der Waals surface area contributed by atoms with E-state index >= 15 is 0 Å². The second-order valence-electron chi connectivity index (χ2n) is 4.41. The van der Waals surface area contributed by atoms with Crippen LogP contribution in [0.1, 0.15) is 30.5 Å². The summed E-state index contributed by atoms with van der Waals surface area (Å²) in [5.41, 5.74) is 8.83. The fourth-order valence-corrected chi connectivity index (χ4v) is 2.42. The van der Waals surface area contributed by atoms with E-state index in [1.165, 1.54) is 17.7 Å². The SMILES string of the molecule is NC1(c2cnn3c2CNCC3)CCC1. The van der Waals surface area contributed by atoms with Crippen LogP contribution in [-0.2, 0) is 18.6 Å². The van der Waals surface area contributed by atoms with Crippen molar-refractivity contribution in [2.24, 2.45) is 5.73 Å². The molecule has 4 nitrogen and oxygen atoms in total. The van der Waals surface area contributed by atoms with E-state index in [0.29, 0.717) is 0 Å². The Hall–Kier alpha value is -0.870. The smallest absolute Gasteiger partial charge is 0.0573 e.